The van der Waals surface area contributed by atoms with Gasteiger partial charge in [-0.2, -0.15) is 0 Å². The lowest BCUT2D eigenvalue weighted by atomic mass is 10.0. The number of hydrogen-bond acceptors (Lipinski definition) is 8. The molecule has 1 fully saturated rings. The molecule has 0 bridgehead atoms. The van der Waals surface area contributed by atoms with Crippen LogP contribution >= 0.6 is 0 Å². The molecule has 8 heteroatoms. The van der Waals surface area contributed by atoms with Crippen LogP contribution in [-0.2, 0) is 33.3 Å². The van der Waals surface area contributed by atoms with E-state index in [9.17, 15) is 14.4 Å². The first-order chi connectivity index (χ1) is 9.29. The van der Waals surface area contributed by atoms with Crippen molar-refractivity contribution in [3.05, 3.63) is 0 Å². The topological polar surface area (TPSA) is 114 Å². The van der Waals surface area contributed by atoms with Crippen LogP contribution in [0.5, 0.6) is 0 Å². The zero-order valence-electron chi connectivity index (χ0n) is 11.7. The van der Waals surface area contributed by atoms with Crippen LogP contribution in [0.25, 0.3) is 0 Å². The van der Waals surface area contributed by atoms with E-state index in [4.69, 9.17) is 24.7 Å². The smallest absolute Gasteiger partial charge is 0.304 e. The Morgan fingerprint density at radius 1 is 1.10 bits per heavy atom. The fraction of sp³-hybridized carbons (Fsp3) is 0.750. The highest BCUT2D eigenvalue weighted by Gasteiger charge is 2.40. The Labute approximate surface area is 116 Å². The number of rotatable bonds is 4. The molecule has 0 radical (unpaired) electrons. The molecule has 8 nitrogen and oxygen atoms in total. The molecule has 1 aliphatic rings. The number of carbonyl (C=O) groups is 3. The Bertz CT molecular complexity index is 358. The minimum absolute atomic E-state index is 0.0302. The molecule has 0 aliphatic carbocycles. The third-order valence-corrected chi connectivity index (χ3v) is 2.64. The van der Waals surface area contributed by atoms with Gasteiger partial charge in [0.2, 0.25) is 6.29 Å². The summed E-state index contributed by atoms with van der Waals surface area (Å²) in [5.74, 6) is -1.53. The monoisotopic (exact) mass is 289 g/mol. The highest BCUT2D eigenvalue weighted by Crippen LogP contribution is 2.23. The van der Waals surface area contributed by atoms with E-state index in [1.807, 2.05) is 0 Å². The van der Waals surface area contributed by atoms with Crippen LogP contribution in [0.1, 0.15) is 27.2 Å². The van der Waals surface area contributed by atoms with Crippen molar-refractivity contribution in [1.82, 2.24) is 0 Å². The normalized spacial score (nSPS) is 29.4. The first-order valence-electron chi connectivity index (χ1n) is 6.18. The van der Waals surface area contributed by atoms with Crippen LogP contribution in [0.3, 0.4) is 0 Å². The molecule has 0 amide bonds. The molecule has 2 N–H and O–H groups in total. The van der Waals surface area contributed by atoms with E-state index in [0.29, 0.717) is 0 Å². The molecular weight excluding hydrogens is 270 g/mol. The van der Waals surface area contributed by atoms with Crippen molar-refractivity contribution in [3.63, 3.8) is 0 Å². The molecular formula is C12H19NO7. The van der Waals surface area contributed by atoms with Crippen molar-refractivity contribution in [1.29, 1.82) is 0 Å². The first kappa shape index (κ1) is 16.4. The minimum atomic E-state index is -1.05. The molecule has 1 aliphatic heterocycles. The van der Waals surface area contributed by atoms with Gasteiger partial charge in [0, 0.05) is 27.2 Å². The highest BCUT2D eigenvalue weighted by molar-refractivity contribution is 5.67. The molecule has 0 saturated carbocycles. The minimum Gasteiger partial charge on any atom is -0.463 e. The molecule has 0 unspecified atom stereocenters. The summed E-state index contributed by atoms with van der Waals surface area (Å²) < 4.78 is 20.3. The third kappa shape index (κ3) is 5.14. The summed E-state index contributed by atoms with van der Waals surface area (Å²) in [6, 6.07) is -0.795. The van der Waals surface area contributed by atoms with E-state index in [-0.39, 0.29) is 13.0 Å². The van der Waals surface area contributed by atoms with E-state index < -0.39 is 42.4 Å². The van der Waals surface area contributed by atoms with Crippen LogP contribution in [0.4, 0.5) is 0 Å². The molecule has 1 rings (SSSR count). The predicted octanol–water partition coefficient (Wildman–Crippen LogP) is -0.513. The van der Waals surface area contributed by atoms with Crippen molar-refractivity contribution in [2.24, 2.45) is 5.73 Å². The standard InChI is InChI=1S/C12H19NO7/c1-6(14)17-5-9-4-10(18-7(2)15)11(13)12(20-9)19-8(3)16/h9-12H,4-5,13H2,1-3H3/t9-,10-,11+,12+/m0/s1. The number of hydrogen-bond donors (Lipinski definition) is 1. The third-order valence-electron chi connectivity index (χ3n) is 2.64. The van der Waals surface area contributed by atoms with Crippen molar-refractivity contribution in [2.75, 3.05) is 6.61 Å². The van der Waals surface area contributed by atoms with Gasteiger partial charge in [0.05, 0.1) is 6.10 Å². The van der Waals surface area contributed by atoms with Gasteiger partial charge in [-0.3, -0.25) is 14.4 Å². The maximum absolute atomic E-state index is 11.0. The summed E-state index contributed by atoms with van der Waals surface area (Å²) in [6.07, 6.45) is -2.03. The van der Waals surface area contributed by atoms with Crippen molar-refractivity contribution < 1.29 is 33.3 Å². The highest BCUT2D eigenvalue weighted by atomic mass is 16.7. The van der Waals surface area contributed by atoms with E-state index in [2.05, 4.69) is 0 Å². The van der Waals surface area contributed by atoms with Gasteiger partial charge in [0.1, 0.15) is 18.8 Å². The molecule has 4 atom stereocenters. The van der Waals surface area contributed by atoms with E-state index in [1.165, 1.54) is 20.8 Å². The van der Waals surface area contributed by atoms with E-state index in [0.717, 1.165) is 0 Å². The summed E-state index contributed by atoms with van der Waals surface area (Å²) in [6.45, 7) is 3.70. The van der Waals surface area contributed by atoms with E-state index in [1.54, 1.807) is 0 Å². The Morgan fingerprint density at radius 3 is 2.20 bits per heavy atom. The first-order valence-corrected chi connectivity index (χ1v) is 6.18. The predicted molar refractivity (Wildman–Crippen MR) is 65.2 cm³/mol. The van der Waals surface area contributed by atoms with Gasteiger partial charge >= 0.3 is 17.9 Å². The van der Waals surface area contributed by atoms with E-state index >= 15 is 0 Å². The van der Waals surface area contributed by atoms with Gasteiger partial charge in [0.25, 0.3) is 0 Å². The summed E-state index contributed by atoms with van der Waals surface area (Å²) in [7, 11) is 0. The largest absolute Gasteiger partial charge is 0.463 e. The maximum atomic E-state index is 11.0. The summed E-state index contributed by atoms with van der Waals surface area (Å²) in [5.41, 5.74) is 5.85. The fourth-order valence-electron chi connectivity index (χ4n) is 1.85. The molecule has 0 aromatic rings. The van der Waals surface area contributed by atoms with Crippen LogP contribution < -0.4 is 5.73 Å². The quantitative estimate of drug-likeness (QED) is 0.543. The number of nitrogens with two attached hydrogens (primary N) is 1. The number of ether oxygens (including phenoxy) is 4. The van der Waals surface area contributed by atoms with Crippen LogP contribution in [0, 0.1) is 0 Å². The average molecular weight is 289 g/mol. The number of esters is 3. The summed E-state index contributed by atoms with van der Waals surface area (Å²) in [4.78, 5) is 32.9. The lowest BCUT2D eigenvalue weighted by Gasteiger charge is -2.38. The SMILES string of the molecule is CC(=O)OC[C@@H]1C[C@H](OC(C)=O)[C@@H](N)[C@H](OC(C)=O)O1. The zero-order valence-corrected chi connectivity index (χ0v) is 11.7. The second kappa shape index (κ2) is 7.20. The second-order valence-electron chi connectivity index (χ2n) is 4.50. The molecule has 1 saturated heterocycles. The average Bonchev–Trinajstić information content (AvgIpc) is 2.30. The Kier molecular flexibility index (Phi) is 5.90. The van der Waals surface area contributed by atoms with Crippen molar-refractivity contribution in [3.8, 4) is 0 Å². The van der Waals surface area contributed by atoms with Crippen molar-refractivity contribution in [2.45, 2.75) is 51.7 Å². The Morgan fingerprint density at radius 2 is 1.70 bits per heavy atom. The van der Waals surface area contributed by atoms with Gasteiger partial charge in [-0.15, -0.1) is 0 Å². The number of carbonyl (C=O) groups excluding carboxylic acids is 3. The van der Waals surface area contributed by atoms with Crippen LogP contribution in [-0.4, -0.2) is 49.1 Å². The second-order valence-corrected chi connectivity index (χ2v) is 4.50. The molecule has 0 aromatic heterocycles. The fourth-order valence-corrected chi connectivity index (χ4v) is 1.85. The molecule has 0 aromatic carbocycles. The summed E-state index contributed by atoms with van der Waals surface area (Å²) in [5, 5.41) is 0. The zero-order chi connectivity index (χ0) is 15.3. The van der Waals surface area contributed by atoms with Crippen LogP contribution in [0.15, 0.2) is 0 Å². The van der Waals surface area contributed by atoms with Gasteiger partial charge in [-0.05, 0) is 0 Å². The van der Waals surface area contributed by atoms with Gasteiger partial charge in [0.15, 0.2) is 0 Å². The van der Waals surface area contributed by atoms with Gasteiger partial charge in [-0.1, -0.05) is 0 Å². The van der Waals surface area contributed by atoms with Gasteiger partial charge < -0.3 is 24.7 Å². The lowest BCUT2D eigenvalue weighted by molar-refractivity contribution is -0.233. The molecule has 114 valence electrons. The van der Waals surface area contributed by atoms with Crippen molar-refractivity contribution >= 4 is 17.9 Å². The van der Waals surface area contributed by atoms with Gasteiger partial charge in [-0.25, -0.2) is 0 Å². The molecule has 0 spiro atoms. The Balaban J connectivity index is 2.71. The molecule has 20 heavy (non-hydrogen) atoms. The lowest BCUT2D eigenvalue weighted by Crippen LogP contribution is -2.56. The van der Waals surface area contributed by atoms with Crippen LogP contribution in [0.2, 0.25) is 0 Å². The molecule has 1 heterocycles. The Hall–Kier alpha value is -1.67. The maximum Gasteiger partial charge on any atom is 0.304 e. The summed E-state index contributed by atoms with van der Waals surface area (Å²) >= 11 is 0.